The minimum absolute atomic E-state index is 0.268. The summed E-state index contributed by atoms with van der Waals surface area (Å²) in [6, 6.07) is 8.54. The van der Waals surface area contributed by atoms with Gasteiger partial charge in [0.05, 0.1) is 0 Å². The number of ketones is 1. The molecule has 0 N–H and O–H groups in total. The molecule has 1 aliphatic heterocycles. The largest absolute Gasteiger partial charge is 0.300 e. The van der Waals surface area contributed by atoms with Crippen molar-refractivity contribution >= 4 is 5.78 Å². The lowest BCUT2D eigenvalue weighted by Gasteiger charge is -2.20. The van der Waals surface area contributed by atoms with Gasteiger partial charge in [0, 0.05) is 24.6 Å². The fourth-order valence-electron chi connectivity index (χ4n) is 2.45. The zero-order chi connectivity index (χ0) is 12.3. The Morgan fingerprint density at radius 1 is 1.35 bits per heavy atom. The van der Waals surface area contributed by atoms with Crippen LogP contribution in [0.4, 0.5) is 0 Å². The molecule has 1 aromatic rings. The highest BCUT2D eigenvalue weighted by atomic mass is 16.1. The maximum Gasteiger partial charge on any atom is 0.164 e. The van der Waals surface area contributed by atoms with Gasteiger partial charge in [-0.1, -0.05) is 29.8 Å². The van der Waals surface area contributed by atoms with Gasteiger partial charge in [0.2, 0.25) is 0 Å². The van der Waals surface area contributed by atoms with Gasteiger partial charge in [0.1, 0.15) is 0 Å². The van der Waals surface area contributed by atoms with E-state index in [-0.39, 0.29) is 5.78 Å². The highest BCUT2D eigenvalue weighted by molar-refractivity contribution is 5.96. The summed E-state index contributed by atoms with van der Waals surface area (Å²) < 4.78 is 0. The van der Waals surface area contributed by atoms with Crippen molar-refractivity contribution in [3.63, 3.8) is 0 Å². The molecule has 0 saturated carbocycles. The molecule has 2 heteroatoms. The van der Waals surface area contributed by atoms with E-state index in [1.807, 2.05) is 31.2 Å². The molecule has 2 nitrogen and oxygen atoms in total. The molecule has 2 rings (SSSR count). The summed E-state index contributed by atoms with van der Waals surface area (Å²) in [6.07, 6.45) is 3.20. The van der Waals surface area contributed by atoms with Crippen molar-refractivity contribution in [2.24, 2.45) is 0 Å². The summed E-state index contributed by atoms with van der Waals surface area (Å²) in [5, 5.41) is 0. The molecule has 0 spiro atoms. The van der Waals surface area contributed by atoms with Crippen LogP contribution in [-0.4, -0.2) is 29.8 Å². The van der Waals surface area contributed by atoms with Crippen LogP contribution in [0.2, 0.25) is 0 Å². The summed E-state index contributed by atoms with van der Waals surface area (Å²) in [6.45, 7) is 6.36. The standard InChI is InChI=1S/C15H21NO/c1-12-5-7-14(8-6-12)15(17)9-11-16-10-3-4-13(16)2/h5-8,13H,3-4,9-11H2,1-2H3. The molecule has 1 atom stereocenters. The van der Waals surface area contributed by atoms with Crippen LogP contribution in [0.25, 0.3) is 0 Å². The number of carbonyl (C=O) groups is 1. The van der Waals surface area contributed by atoms with Crippen LogP contribution < -0.4 is 0 Å². The molecule has 1 aromatic carbocycles. The van der Waals surface area contributed by atoms with E-state index >= 15 is 0 Å². The van der Waals surface area contributed by atoms with E-state index in [1.165, 1.54) is 18.4 Å². The molecule has 0 amide bonds. The zero-order valence-corrected chi connectivity index (χ0v) is 10.8. The molecular formula is C15H21NO. The summed E-state index contributed by atoms with van der Waals surface area (Å²) >= 11 is 0. The molecule has 1 unspecified atom stereocenters. The molecule has 1 fully saturated rings. The second-order valence-electron chi connectivity index (χ2n) is 5.07. The summed E-state index contributed by atoms with van der Waals surface area (Å²) in [5.41, 5.74) is 2.05. The Balaban J connectivity index is 1.87. The van der Waals surface area contributed by atoms with Crippen molar-refractivity contribution < 1.29 is 4.79 Å². The van der Waals surface area contributed by atoms with Gasteiger partial charge in [0.15, 0.2) is 5.78 Å². The Hall–Kier alpha value is -1.15. The first-order chi connectivity index (χ1) is 8.16. The van der Waals surface area contributed by atoms with Gasteiger partial charge >= 0.3 is 0 Å². The van der Waals surface area contributed by atoms with E-state index in [9.17, 15) is 4.79 Å². The Morgan fingerprint density at radius 3 is 2.65 bits per heavy atom. The Bertz CT molecular complexity index is 382. The molecule has 1 saturated heterocycles. The van der Waals surface area contributed by atoms with Crippen LogP contribution in [0.15, 0.2) is 24.3 Å². The minimum atomic E-state index is 0.268. The lowest BCUT2D eigenvalue weighted by atomic mass is 10.1. The highest BCUT2D eigenvalue weighted by Crippen LogP contribution is 2.17. The quantitative estimate of drug-likeness (QED) is 0.742. The highest BCUT2D eigenvalue weighted by Gasteiger charge is 2.20. The zero-order valence-electron chi connectivity index (χ0n) is 10.8. The molecule has 0 bridgehead atoms. The first-order valence-corrected chi connectivity index (χ1v) is 6.51. The van der Waals surface area contributed by atoms with Crippen LogP contribution in [-0.2, 0) is 0 Å². The third-order valence-corrected chi connectivity index (χ3v) is 3.69. The molecule has 17 heavy (non-hydrogen) atoms. The van der Waals surface area contributed by atoms with Crippen LogP contribution in [0.5, 0.6) is 0 Å². The predicted molar refractivity (Wildman–Crippen MR) is 70.4 cm³/mol. The third-order valence-electron chi connectivity index (χ3n) is 3.69. The smallest absolute Gasteiger partial charge is 0.164 e. The predicted octanol–water partition coefficient (Wildman–Crippen LogP) is 3.05. The second kappa shape index (κ2) is 5.46. The molecule has 92 valence electrons. The van der Waals surface area contributed by atoms with E-state index in [2.05, 4.69) is 11.8 Å². The van der Waals surface area contributed by atoms with Gasteiger partial charge in [-0.25, -0.2) is 0 Å². The third kappa shape index (κ3) is 3.16. The van der Waals surface area contributed by atoms with E-state index < -0.39 is 0 Å². The second-order valence-corrected chi connectivity index (χ2v) is 5.07. The molecule has 0 radical (unpaired) electrons. The van der Waals surface area contributed by atoms with Crippen molar-refractivity contribution in [2.45, 2.75) is 39.2 Å². The maximum atomic E-state index is 12.0. The van der Waals surface area contributed by atoms with Crippen LogP contribution in [0, 0.1) is 6.92 Å². The van der Waals surface area contributed by atoms with Gasteiger partial charge < -0.3 is 4.90 Å². The molecule has 1 aliphatic rings. The Labute approximate surface area is 104 Å². The minimum Gasteiger partial charge on any atom is -0.300 e. The molecule has 0 aromatic heterocycles. The topological polar surface area (TPSA) is 20.3 Å². The monoisotopic (exact) mass is 231 g/mol. The van der Waals surface area contributed by atoms with Crippen molar-refractivity contribution in [1.82, 2.24) is 4.90 Å². The van der Waals surface area contributed by atoms with Gasteiger partial charge in [-0.05, 0) is 33.2 Å². The van der Waals surface area contributed by atoms with Gasteiger partial charge in [-0.2, -0.15) is 0 Å². The number of benzene rings is 1. The summed E-state index contributed by atoms with van der Waals surface area (Å²) in [7, 11) is 0. The Kier molecular flexibility index (Phi) is 3.95. The normalized spacial score (nSPS) is 20.7. The van der Waals surface area contributed by atoms with Crippen molar-refractivity contribution in [3.05, 3.63) is 35.4 Å². The van der Waals surface area contributed by atoms with Gasteiger partial charge in [0.25, 0.3) is 0 Å². The van der Waals surface area contributed by atoms with Crippen molar-refractivity contribution in [1.29, 1.82) is 0 Å². The number of likely N-dealkylation sites (tertiary alicyclic amines) is 1. The molecular weight excluding hydrogens is 210 g/mol. The SMILES string of the molecule is Cc1ccc(C(=O)CCN2CCCC2C)cc1. The Morgan fingerprint density at radius 2 is 2.06 bits per heavy atom. The van der Waals surface area contributed by atoms with Crippen LogP contribution in [0.3, 0.4) is 0 Å². The number of nitrogens with zero attached hydrogens (tertiary/aromatic N) is 1. The summed E-state index contributed by atoms with van der Waals surface area (Å²) in [5.74, 6) is 0.268. The average molecular weight is 231 g/mol. The van der Waals surface area contributed by atoms with Gasteiger partial charge in [-0.3, -0.25) is 4.79 Å². The lowest BCUT2D eigenvalue weighted by molar-refractivity contribution is 0.0963. The number of carbonyl (C=O) groups excluding carboxylic acids is 1. The molecule has 0 aliphatic carbocycles. The summed E-state index contributed by atoms with van der Waals surface area (Å²) in [4.78, 5) is 14.4. The number of Topliss-reactive ketones (excluding diaryl/α,β-unsaturated/α-hetero) is 1. The number of aryl methyl sites for hydroxylation is 1. The number of hydrogen-bond acceptors (Lipinski definition) is 2. The first-order valence-electron chi connectivity index (χ1n) is 6.51. The number of hydrogen-bond donors (Lipinski definition) is 0. The lowest BCUT2D eigenvalue weighted by Crippen LogP contribution is -2.29. The first kappa shape index (κ1) is 12.3. The fourth-order valence-corrected chi connectivity index (χ4v) is 2.45. The van der Waals surface area contributed by atoms with Gasteiger partial charge in [-0.15, -0.1) is 0 Å². The van der Waals surface area contributed by atoms with E-state index in [0.29, 0.717) is 12.5 Å². The van der Waals surface area contributed by atoms with Crippen LogP contribution >= 0.6 is 0 Å². The van der Waals surface area contributed by atoms with Crippen molar-refractivity contribution in [3.8, 4) is 0 Å². The van der Waals surface area contributed by atoms with Crippen LogP contribution in [0.1, 0.15) is 42.1 Å². The number of rotatable bonds is 4. The van der Waals surface area contributed by atoms with Crippen molar-refractivity contribution in [2.75, 3.05) is 13.1 Å². The maximum absolute atomic E-state index is 12.0. The van der Waals surface area contributed by atoms with E-state index in [1.54, 1.807) is 0 Å². The van der Waals surface area contributed by atoms with E-state index in [4.69, 9.17) is 0 Å². The fraction of sp³-hybridized carbons (Fsp3) is 0.533. The van der Waals surface area contributed by atoms with E-state index in [0.717, 1.165) is 18.7 Å². The average Bonchev–Trinajstić information content (AvgIpc) is 2.73. The molecule has 1 heterocycles.